The smallest absolute Gasteiger partial charge is 0.191 e. The maximum Gasteiger partial charge on any atom is 0.191 e. The minimum atomic E-state index is 0. The van der Waals surface area contributed by atoms with Gasteiger partial charge in [0.05, 0.1) is 5.69 Å². The Labute approximate surface area is 148 Å². The minimum absolute atomic E-state index is 0. The monoisotopic (exact) mass is 411 g/mol. The van der Waals surface area contributed by atoms with Crippen molar-refractivity contribution in [2.24, 2.45) is 10.9 Å². The van der Waals surface area contributed by atoms with E-state index in [1.165, 1.54) is 12.0 Å². The Morgan fingerprint density at radius 3 is 2.64 bits per heavy atom. The van der Waals surface area contributed by atoms with E-state index in [9.17, 15) is 0 Å². The molecule has 0 saturated heterocycles. The Morgan fingerprint density at radius 1 is 1.36 bits per heavy atom. The first-order valence-corrected chi connectivity index (χ1v) is 7.32. The molecule has 1 aliphatic carbocycles. The lowest BCUT2D eigenvalue weighted by molar-refractivity contribution is 0.763. The van der Waals surface area contributed by atoms with Gasteiger partial charge in [0, 0.05) is 32.0 Å². The number of halogens is 1. The van der Waals surface area contributed by atoms with Gasteiger partial charge >= 0.3 is 0 Å². The van der Waals surface area contributed by atoms with E-state index in [1.807, 2.05) is 24.0 Å². The topological polar surface area (TPSA) is 54.2 Å². The van der Waals surface area contributed by atoms with Gasteiger partial charge in [0.15, 0.2) is 5.96 Å². The van der Waals surface area contributed by atoms with Crippen molar-refractivity contribution in [2.75, 3.05) is 7.05 Å². The molecular weight excluding hydrogens is 389 g/mol. The molecular formula is C16H22IN5. The molecule has 2 N–H and O–H groups in total. The lowest BCUT2D eigenvalue weighted by Crippen LogP contribution is -2.38. The van der Waals surface area contributed by atoms with Crippen LogP contribution in [0.2, 0.25) is 0 Å². The fourth-order valence-electron chi connectivity index (χ4n) is 2.27. The van der Waals surface area contributed by atoms with Crippen molar-refractivity contribution in [1.29, 1.82) is 0 Å². The van der Waals surface area contributed by atoms with Gasteiger partial charge in [0.1, 0.15) is 0 Å². The lowest BCUT2D eigenvalue weighted by atomic mass is 10.2. The zero-order valence-electron chi connectivity index (χ0n) is 12.9. The summed E-state index contributed by atoms with van der Waals surface area (Å²) in [4.78, 5) is 4.26. The highest BCUT2D eigenvalue weighted by atomic mass is 127. The van der Waals surface area contributed by atoms with Crippen LogP contribution in [-0.2, 0) is 6.54 Å². The fraction of sp³-hybridized carbons (Fsp3) is 0.375. The maximum atomic E-state index is 4.26. The predicted octanol–water partition coefficient (Wildman–Crippen LogP) is 2.56. The fourth-order valence-corrected chi connectivity index (χ4v) is 2.27. The van der Waals surface area contributed by atoms with Crippen LogP contribution in [0.15, 0.2) is 47.7 Å². The van der Waals surface area contributed by atoms with Crippen molar-refractivity contribution in [1.82, 2.24) is 20.4 Å². The largest absolute Gasteiger partial charge is 0.353 e. The van der Waals surface area contributed by atoms with Gasteiger partial charge in [-0.05, 0) is 36.1 Å². The van der Waals surface area contributed by atoms with Crippen LogP contribution in [0.25, 0.3) is 5.69 Å². The predicted molar refractivity (Wildman–Crippen MR) is 99.9 cm³/mol. The first-order chi connectivity index (χ1) is 10.3. The average Bonchev–Trinajstić information content (AvgIpc) is 2.99. The number of nitrogens with zero attached hydrogens (tertiary/aromatic N) is 3. The second-order valence-electron chi connectivity index (χ2n) is 5.51. The summed E-state index contributed by atoms with van der Waals surface area (Å²) in [5.74, 6) is 1.64. The zero-order chi connectivity index (χ0) is 14.7. The molecule has 2 atom stereocenters. The summed E-state index contributed by atoms with van der Waals surface area (Å²) in [5, 5.41) is 11.0. The van der Waals surface area contributed by atoms with Crippen molar-refractivity contribution in [3.8, 4) is 5.69 Å². The molecule has 2 unspecified atom stereocenters. The van der Waals surface area contributed by atoms with Crippen LogP contribution in [0.4, 0.5) is 0 Å². The highest BCUT2D eigenvalue weighted by Gasteiger charge is 2.33. The Balaban J connectivity index is 0.00000176. The Kier molecular flexibility index (Phi) is 5.82. The van der Waals surface area contributed by atoms with Gasteiger partial charge in [-0.25, -0.2) is 4.68 Å². The molecule has 2 aromatic rings. The van der Waals surface area contributed by atoms with E-state index in [4.69, 9.17) is 0 Å². The van der Waals surface area contributed by atoms with Gasteiger partial charge in [-0.15, -0.1) is 24.0 Å². The van der Waals surface area contributed by atoms with Gasteiger partial charge in [-0.1, -0.05) is 19.1 Å². The van der Waals surface area contributed by atoms with Crippen LogP contribution >= 0.6 is 24.0 Å². The SMILES string of the molecule is CN=C(NCc1ccc(-n2cccn2)cc1)NC1CC1C.I. The van der Waals surface area contributed by atoms with Crippen molar-refractivity contribution in [3.63, 3.8) is 0 Å². The van der Waals surface area contributed by atoms with Crippen LogP contribution in [0, 0.1) is 5.92 Å². The van der Waals surface area contributed by atoms with Gasteiger partial charge in [-0.2, -0.15) is 5.10 Å². The summed E-state index contributed by atoms with van der Waals surface area (Å²) < 4.78 is 1.85. The molecule has 0 aliphatic heterocycles. The molecule has 1 heterocycles. The Hall–Kier alpha value is -1.57. The number of rotatable bonds is 4. The Morgan fingerprint density at radius 2 is 2.09 bits per heavy atom. The first kappa shape index (κ1) is 16.8. The minimum Gasteiger partial charge on any atom is -0.353 e. The summed E-state index contributed by atoms with van der Waals surface area (Å²) in [6.07, 6.45) is 4.96. The molecule has 0 bridgehead atoms. The second kappa shape index (κ2) is 7.62. The molecule has 3 rings (SSSR count). The van der Waals surface area contributed by atoms with E-state index in [2.05, 4.69) is 51.9 Å². The lowest BCUT2D eigenvalue weighted by Gasteiger charge is -2.12. The molecule has 0 spiro atoms. The number of benzene rings is 1. The molecule has 1 aliphatic rings. The van der Waals surface area contributed by atoms with Gasteiger partial charge < -0.3 is 10.6 Å². The zero-order valence-corrected chi connectivity index (χ0v) is 15.2. The number of hydrogen-bond acceptors (Lipinski definition) is 2. The summed E-state index contributed by atoms with van der Waals surface area (Å²) >= 11 is 0. The molecule has 1 fully saturated rings. The van der Waals surface area contributed by atoms with Crippen molar-refractivity contribution >= 4 is 29.9 Å². The normalized spacial score (nSPS) is 20.2. The van der Waals surface area contributed by atoms with Crippen molar-refractivity contribution in [2.45, 2.75) is 25.9 Å². The first-order valence-electron chi connectivity index (χ1n) is 7.32. The highest BCUT2D eigenvalue weighted by Crippen LogP contribution is 2.28. The molecule has 5 nitrogen and oxygen atoms in total. The molecule has 6 heteroatoms. The van der Waals surface area contributed by atoms with Crippen molar-refractivity contribution in [3.05, 3.63) is 48.3 Å². The van der Waals surface area contributed by atoms with E-state index in [0.717, 1.165) is 24.1 Å². The average molecular weight is 411 g/mol. The number of guanidine groups is 1. The second-order valence-corrected chi connectivity index (χ2v) is 5.51. The van der Waals surface area contributed by atoms with Gasteiger partial charge in [0.25, 0.3) is 0 Å². The number of aliphatic imine (C=N–C) groups is 1. The van der Waals surface area contributed by atoms with Crippen LogP contribution in [0.3, 0.4) is 0 Å². The summed E-state index contributed by atoms with van der Waals surface area (Å²) in [6, 6.07) is 10.9. The van der Waals surface area contributed by atoms with Crippen LogP contribution in [-0.4, -0.2) is 28.8 Å². The third-order valence-electron chi connectivity index (χ3n) is 3.82. The number of aromatic nitrogens is 2. The number of nitrogens with one attached hydrogen (secondary N) is 2. The molecule has 1 saturated carbocycles. The molecule has 118 valence electrons. The molecule has 1 aromatic heterocycles. The Bertz CT molecular complexity index is 606. The quantitative estimate of drug-likeness (QED) is 0.462. The van der Waals surface area contributed by atoms with Crippen LogP contribution < -0.4 is 10.6 Å². The van der Waals surface area contributed by atoms with Crippen LogP contribution in [0.5, 0.6) is 0 Å². The molecule has 0 amide bonds. The van der Waals surface area contributed by atoms with E-state index in [-0.39, 0.29) is 24.0 Å². The third-order valence-corrected chi connectivity index (χ3v) is 3.82. The summed E-state index contributed by atoms with van der Waals surface area (Å²) in [5.41, 5.74) is 2.29. The highest BCUT2D eigenvalue weighted by molar-refractivity contribution is 14.0. The maximum absolute atomic E-state index is 4.26. The van der Waals surface area contributed by atoms with E-state index in [0.29, 0.717) is 6.04 Å². The summed E-state index contributed by atoms with van der Waals surface area (Å²) in [6.45, 7) is 3.01. The summed E-state index contributed by atoms with van der Waals surface area (Å²) in [7, 11) is 1.81. The van der Waals surface area contributed by atoms with Gasteiger partial charge in [0.2, 0.25) is 0 Å². The number of hydrogen-bond donors (Lipinski definition) is 2. The van der Waals surface area contributed by atoms with Crippen LogP contribution in [0.1, 0.15) is 18.9 Å². The third kappa shape index (κ3) is 4.22. The molecule has 0 radical (unpaired) electrons. The van der Waals surface area contributed by atoms with E-state index < -0.39 is 0 Å². The molecule has 22 heavy (non-hydrogen) atoms. The molecule has 1 aromatic carbocycles. The van der Waals surface area contributed by atoms with Crippen molar-refractivity contribution < 1.29 is 0 Å². The standard InChI is InChI=1S/C16H21N5.HI/c1-12-10-15(12)20-16(17-2)18-11-13-4-6-14(7-5-13)21-9-3-8-19-21;/h3-9,12,15H,10-11H2,1-2H3,(H2,17,18,20);1H. The van der Waals surface area contributed by atoms with E-state index >= 15 is 0 Å². The van der Waals surface area contributed by atoms with Gasteiger partial charge in [-0.3, -0.25) is 4.99 Å². The van der Waals surface area contributed by atoms with E-state index in [1.54, 1.807) is 6.20 Å².